The number of ether oxygens (including phenoxy) is 1. The Bertz CT molecular complexity index is 1000. The highest BCUT2D eigenvalue weighted by Gasteiger charge is 2.19. The standard InChI is InChI=1S/C18H15FN2O4/c1-2-16(18(23)24)21-10-20-15-7-6-13(9-14(15)17(21)22)25-12-5-3-4-11(19)8-12/h3-10,16H,2H2,1H3,(H,23,24). The molecule has 1 unspecified atom stereocenters. The number of aliphatic carboxylic acids is 1. The summed E-state index contributed by atoms with van der Waals surface area (Å²) in [5.41, 5.74) is -0.0444. The molecule has 7 heteroatoms. The zero-order valence-electron chi connectivity index (χ0n) is 13.3. The zero-order valence-corrected chi connectivity index (χ0v) is 13.3. The monoisotopic (exact) mass is 342 g/mol. The predicted octanol–water partition coefficient (Wildman–Crippen LogP) is 3.36. The summed E-state index contributed by atoms with van der Waals surface area (Å²) in [5, 5.41) is 9.48. The summed E-state index contributed by atoms with van der Waals surface area (Å²) in [6.07, 6.45) is 1.49. The summed E-state index contributed by atoms with van der Waals surface area (Å²) in [7, 11) is 0. The normalized spacial score (nSPS) is 12.1. The number of carboxylic acid groups (broad SMARTS) is 1. The molecule has 0 aliphatic carbocycles. The fraction of sp³-hybridized carbons (Fsp3) is 0.167. The van der Waals surface area contributed by atoms with Crippen molar-refractivity contribution in [2.75, 3.05) is 0 Å². The lowest BCUT2D eigenvalue weighted by Crippen LogP contribution is -2.29. The van der Waals surface area contributed by atoms with E-state index in [-0.39, 0.29) is 11.8 Å². The number of carboxylic acids is 1. The van der Waals surface area contributed by atoms with Crippen molar-refractivity contribution >= 4 is 16.9 Å². The maximum Gasteiger partial charge on any atom is 0.326 e. The fourth-order valence-corrected chi connectivity index (χ4v) is 2.56. The molecule has 0 aliphatic rings. The van der Waals surface area contributed by atoms with E-state index in [0.717, 1.165) is 4.57 Å². The van der Waals surface area contributed by atoms with Crippen LogP contribution in [0.5, 0.6) is 11.5 Å². The number of fused-ring (bicyclic) bond motifs is 1. The van der Waals surface area contributed by atoms with E-state index in [1.807, 2.05) is 0 Å². The number of hydrogen-bond acceptors (Lipinski definition) is 4. The molecule has 0 saturated heterocycles. The summed E-state index contributed by atoms with van der Waals surface area (Å²) < 4.78 is 19.9. The first-order valence-corrected chi connectivity index (χ1v) is 7.66. The third kappa shape index (κ3) is 3.35. The molecular weight excluding hydrogens is 327 g/mol. The smallest absolute Gasteiger partial charge is 0.326 e. The van der Waals surface area contributed by atoms with E-state index >= 15 is 0 Å². The van der Waals surface area contributed by atoms with Crippen molar-refractivity contribution in [2.45, 2.75) is 19.4 Å². The van der Waals surface area contributed by atoms with Crippen LogP contribution in [-0.4, -0.2) is 20.6 Å². The fourth-order valence-electron chi connectivity index (χ4n) is 2.56. The van der Waals surface area contributed by atoms with E-state index in [2.05, 4.69) is 4.98 Å². The van der Waals surface area contributed by atoms with Crippen molar-refractivity contribution in [2.24, 2.45) is 0 Å². The van der Waals surface area contributed by atoms with Crippen molar-refractivity contribution in [1.82, 2.24) is 9.55 Å². The first-order valence-electron chi connectivity index (χ1n) is 7.66. The van der Waals surface area contributed by atoms with Crippen LogP contribution in [-0.2, 0) is 4.79 Å². The minimum Gasteiger partial charge on any atom is -0.480 e. The molecule has 0 amide bonds. The number of halogens is 1. The SMILES string of the molecule is CCC(C(=O)O)n1cnc2ccc(Oc3cccc(F)c3)cc2c1=O. The van der Waals surface area contributed by atoms with E-state index in [9.17, 15) is 19.1 Å². The zero-order chi connectivity index (χ0) is 18.0. The van der Waals surface area contributed by atoms with Gasteiger partial charge in [-0.05, 0) is 36.8 Å². The second kappa shape index (κ2) is 6.72. The highest BCUT2D eigenvalue weighted by atomic mass is 19.1. The molecule has 3 aromatic rings. The van der Waals surface area contributed by atoms with Crippen LogP contribution < -0.4 is 10.3 Å². The van der Waals surface area contributed by atoms with Crippen molar-refractivity contribution in [1.29, 1.82) is 0 Å². The molecule has 1 heterocycles. The number of aromatic nitrogens is 2. The van der Waals surface area contributed by atoms with Gasteiger partial charge < -0.3 is 9.84 Å². The average molecular weight is 342 g/mol. The first kappa shape index (κ1) is 16.6. The third-order valence-electron chi connectivity index (χ3n) is 3.79. The van der Waals surface area contributed by atoms with Crippen molar-refractivity contribution in [3.8, 4) is 11.5 Å². The molecule has 25 heavy (non-hydrogen) atoms. The summed E-state index contributed by atoms with van der Waals surface area (Å²) >= 11 is 0. The number of benzene rings is 2. The van der Waals surface area contributed by atoms with Gasteiger partial charge in [0.25, 0.3) is 5.56 Å². The van der Waals surface area contributed by atoms with Crippen LogP contribution in [0, 0.1) is 5.82 Å². The van der Waals surface area contributed by atoms with Gasteiger partial charge in [-0.25, -0.2) is 14.2 Å². The van der Waals surface area contributed by atoms with Gasteiger partial charge in [0.1, 0.15) is 23.4 Å². The lowest BCUT2D eigenvalue weighted by Gasteiger charge is -2.14. The van der Waals surface area contributed by atoms with Crippen LogP contribution in [0.4, 0.5) is 4.39 Å². The summed E-state index contributed by atoms with van der Waals surface area (Å²) in [6.45, 7) is 1.68. The summed E-state index contributed by atoms with van der Waals surface area (Å²) in [5.74, 6) is -0.911. The second-order valence-electron chi connectivity index (χ2n) is 5.46. The Morgan fingerprint density at radius 3 is 2.72 bits per heavy atom. The molecular formula is C18H15FN2O4. The van der Waals surface area contributed by atoms with E-state index in [1.54, 1.807) is 25.1 Å². The van der Waals surface area contributed by atoms with E-state index in [0.29, 0.717) is 17.0 Å². The Morgan fingerprint density at radius 2 is 2.04 bits per heavy atom. The van der Waals surface area contributed by atoms with Gasteiger partial charge in [-0.3, -0.25) is 9.36 Å². The molecule has 0 radical (unpaired) electrons. The van der Waals surface area contributed by atoms with Crippen LogP contribution in [0.25, 0.3) is 10.9 Å². The minimum atomic E-state index is -1.10. The quantitative estimate of drug-likeness (QED) is 0.769. The number of rotatable bonds is 5. The molecule has 6 nitrogen and oxygen atoms in total. The van der Waals surface area contributed by atoms with Crippen LogP contribution in [0.3, 0.4) is 0 Å². The third-order valence-corrected chi connectivity index (χ3v) is 3.79. The van der Waals surface area contributed by atoms with Crippen LogP contribution >= 0.6 is 0 Å². The molecule has 128 valence electrons. The summed E-state index contributed by atoms with van der Waals surface area (Å²) in [4.78, 5) is 28.1. The highest BCUT2D eigenvalue weighted by molar-refractivity contribution is 5.80. The number of carbonyl (C=O) groups is 1. The Balaban J connectivity index is 2.05. The Labute approximate surface area is 142 Å². The molecule has 0 aliphatic heterocycles. The molecule has 1 aromatic heterocycles. The number of hydrogen-bond donors (Lipinski definition) is 1. The van der Waals surface area contributed by atoms with Gasteiger partial charge in [0.15, 0.2) is 0 Å². The lowest BCUT2D eigenvalue weighted by molar-refractivity contribution is -0.141. The lowest BCUT2D eigenvalue weighted by atomic mass is 10.2. The molecule has 0 fully saturated rings. The van der Waals surface area contributed by atoms with E-state index < -0.39 is 23.4 Å². The van der Waals surface area contributed by atoms with Crippen molar-refractivity contribution in [3.63, 3.8) is 0 Å². The molecule has 0 bridgehead atoms. The van der Waals surface area contributed by atoms with Crippen molar-refractivity contribution < 1.29 is 19.0 Å². The average Bonchev–Trinajstić information content (AvgIpc) is 2.58. The molecule has 1 atom stereocenters. The maximum absolute atomic E-state index is 13.2. The molecule has 0 saturated carbocycles. The largest absolute Gasteiger partial charge is 0.480 e. The minimum absolute atomic E-state index is 0.233. The molecule has 0 spiro atoms. The number of nitrogens with zero attached hydrogens (tertiary/aromatic N) is 2. The van der Waals surface area contributed by atoms with Gasteiger partial charge in [0.05, 0.1) is 17.2 Å². The highest BCUT2D eigenvalue weighted by Crippen LogP contribution is 2.24. The maximum atomic E-state index is 13.2. The molecule has 1 N–H and O–H groups in total. The molecule has 3 rings (SSSR count). The van der Waals surface area contributed by atoms with E-state index in [4.69, 9.17) is 4.74 Å². The van der Waals surface area contributed by atoms with E-state index in [1.165, 1.54) is 30.6 Å². The van der Waals surface area contributed by atoms with Gasteiger partial charge in [-0.2, -0.15) is 0 Å². The Hall–Kier alpha value is -3.22. The second-order valence-corrected chi connectivity index (χ2v) is 5.46. The Morgan fingerprint density at radius 1 is 1.28 bits per heavy atom. The van der Waals surface area contributed by atoms with Gasteiger partial charge in [-0.1, -0.05) is 13.0 Å². The molecule has 2 aromatic carbocycles. The predicted molar refractivity (Wildman–Crippen MR) is 89.4 cm³/mol. The van der Waals surface area contributed by atoms with Crippen LogP contribution in [0.1, 0.15) is 19.4 Å². The van der Waals surface area contributed by atoms with Gasteiger partial charge in [-0.15, -0.1) is 0 Å². The van der Waals surface area contributed by atoms with Crippen LogP contribution in [0.15, 0.2) is 53.6 Å². The van der Waals surface area contributed by atoms with Gasteiger partial charge >= 0.3 is 5.97 Å². The summed E-state index contributed by atoms with van der Waals surface area (Å²) in [6, 6.07) is 9.31. The van der Waals surface area contributed by atoms with Crippen molar-refractivity contribution in [3.05, 3.63) is 65.0 Å². The van der Waals surface area contributed by atoms with Gasteiger partial charge in [0.2, 0.25) is 0 Å². The first-order chi connectivity index (χ1) is 12.0. The topological polar surface area (TPSA) is 81.4 Å². The Kier molecular flexibility index (Phi) is 4.47. The van der Waals surface area contributed by atoms with Crippen LogP contribution in [0.2, 0.25) is 0 Å². The van der Waals surface area contributed by atoms with Gasteiger partial charge in [0, 0.05) is 6.07 Å².